The average Bonchev–Trinajstić information content (AvgIpc) is 3.27. The smallest absolute Gasteiger partial charge is 0.435 e. The molecule has 0 aliphatic heterocycles. The van der Waals surface area contributed by atoms with Gasteiger partial charge in [0.1, 0.15) is 5.60 Å². The van der Waals surface area contributed by atoms with Gasteiger partial charge in [-0.2, -0.15) is 20.1 Å². The zero-order valence-corrected chi connectivity index (χ0v) is 20.2. The van der Waals surface area contributed by atoms with Crippen molar-refractivity contribution in [2.45, 2.75) is 33.3 Å². The van der Waals surface area contributed by atoms with E-state index >= 15 is 0 Å². The van der Waals surface area contributed by atoms with Crippen molar-refractivity contribution in [3.63, 3.8) is 0 Å². The quantitative estimate of drug-likeness (QED) is 0.280. The fourth-order valence-corrected chi connectivity index (χ4v) is 3.13. The summed E-state index contributed by atoms with van der Waals surface area (Å²) in [6, 6.07) is 13.4. The van der Waals surface area contributed by atoms with Gasteiger partial charge in [0.15, 0.2) is 0 Å². The summed E-state index contributed by atoms with van der Waals surface area (Å²) in [5, 5.41) is 20.2. The molecular formula is C21H21Br2N5O2. The maximum atomic E-state index is 11.9. The molecular weight excluding hydrogens is 514 g/mol. The molecule has 0 spiro atoms. The molecule has 0 unspecified atom stereocenters. The van der Waals surface area contributed by atoms with Gasteiger partial charge in [-0.3, -0.25) is 5.10 Å². The highest BCUT2D eigenvalue weighted by Crippen LogP contribution is 2.20. The van der Waals surface area contributed by atoms with E-state index < -0.39 is 11.7 Å². The average molecular weight is 535 g/mol. The van der Waals surface area contributed by atoms with Crippen molar-refractivity contribution in [3.05, 3.63) is 57.7 Å². The third-order valence-corrected chi connectivity index (χ3v) is 4.49. The fourth-order valence-electron chi connectivity index (χ4n) is 2.37. The van der Waals surface area contributed by atoms with E-state index in [-0.39, 0.29) is 0 Å². The van der Waals surface area contributed by atoms with Gasteiger partial charge in [-0.05, 0) is 57.2 Å². The molecule has 0 fully saturated rings. The van der Waals surface area contributed by atoms with Crippen molar-refractivity contribution in [1.82, 2.24) is 20.0 Å². The Labute approximate surface area is 191 Å². The second kappa shape index (κ2) is 10.4. The molecule has 0 saturated carbocycles. The van der Waals surface area contributed by atoms with Crippen molar-refractivity contribution < 1.29 is 9.53 Å². The minimum Gasteiger partial charge on any atom is -0.442 e. The first-order valence-electron chi connectivity index (χ1n) is 8.90. The highest BCUT2D eigenvalue weighted by molar-refractivity contribution is 9.10. The highest BCUT2D eigenvalue weighted by atomic mass is 79.9. The molecule has 2 heterocycles. The summed E-state index contributed by atoms with van der Waals surface area (Å²) in [4.78, 5) is 11.9. The van der Waals surface area contributed by atoms with Crippen LogP contribution in [0.4, 0.5) is 4.79 Å². The van der Waals surface area contributed by atoms with Gasteiger partial charge in [-0.25, -0.2) is 4.79 Å². The number of rotatable bonds is 0. The van der Waals surface area contributed by atoms with Crippen LogP contribution in [0, 0.1) is 11.3 Å². The summed E-state index contributed by atoms with van der Waals surface area (Å²) >= 11 is 6.75. The number of halogens is 2. The lowest BCUT2D eigenvalue weighted by Gasteiger charge is -2.19. The van der Waals surface area contributed by atoms with Gasteiger partial charge >= 0.3 is 6.09 Å². The van der Waals surface area contributed by atoms with E-state index in [2.05, 4.69) is 47.2 Å². The van der Waals surface area contributed by atoms with E-state index in [0.717, 1.165) is 30.8 Å². The number of carbonyl (C=O) groups is 1. The Kier molecular flexibility index (Phi) is 8.15. The van der Waals surface area contributed by atoms with E-state index in [9.17, 15) is 4.79 Å². The van der Waals surface area contributed by atoms with Gasteiger partial charge in [0.05, 0.1) is 29.5 Å². The lowest BCUT2D eigenvalue weighted by molar-refractivity contribution is 0.0522. The second-order valence-electron chi connectivity index (χ2n) is 7.07. The van der Waals surface area contributed by atoms with Gasteiger partial charge in [0.25, 0.3) is 0 Å². The molecule has 0 aliphatic rings. The molecule has 0 amide bonds. The van der Waals surface area contributed by atoms with Crippen LogP contribution < -0.4 is 0 Å². The number of fused-ring (bicyclic) bond motifs is 2. The first kappa shape index (κ1) is 23.6. The first-order chi connectivity index (χ1) is 14.1. The monoisotopic (exact) mass is 533 g/mol. The van der Waals surface area contributed by atoms with Crippen LogP contribution in [0.1, 0.15) is 27.7 Å². The minimum atomic E-state index is -0.523. The first-order valence-corrected chi connectivity index (χ1v) is 10.5. The number of nitrogens with one attached hydrogen (secondary N) is 1. The number of aromatic nitrogens is 4. The summed E-state index contributed by atoms with van der Waals surface area (Å²) in [5.41, 5.74) is 1.29. The molecule has 0 atom stereocenters. The van der Waals surface area contributed by atoms with Crippen LogP contribution in [0.3, 0.4) is 0 Å². The Morgan fingerprint density at radius 3 is 2.33 bits per heavy atom. The number of carbonyl (C=O) groups excluding carboxylic acids is 1. The number of nitriles is 1. The van der Waals surface area contributed by atoms with E-state index in [1.165, 1.54) is 11.6 Å². The number of hydrogen-bond acceptors (Lipinski definition) is 5. The molecule has 4 aromatic rings. The van der Waals surface area contributed by atoms with E-state index in [0.29, 0.717) is 0 Å². The molecule has 0 aliphatic carbocycles. The summed E-state index contributed by atoms with van der Waals surface area (Å²) in [5.74, 6) is 0. The molecule has 9 heteroatoms. The zero-order valence-electron chi connectivity index (χ0n) is 17.0. The van der Waals surface area contributed by atoms with Gasteiger partial charge < -0.3 is 4.74 Å². The normalized spacial score (nSPS) is 10.4. The van der Waals surface area contributed by atoms with Crippen LogP contribution in [0.25, 0.3) is 21.8 Å². The zero-order chi connectivity index (χ0) is 22.3. The number of benzene rings is 2. The number of H-pyrrole nitrogens is 1. The lowest BCUT2D eigenvalue weighted by atomic mass is 10.2. The third kappa shape index (κ3) is 6.68. The Morgan fingerprint density at radius 1 is 1.10 bits per heavy atom. The van der Waals surface area contributed by atoms with Gasteiger partial charge in [-0.15, -0.1) is 0 Å². The van der Waals surface area contributed by atoms with Crippen molar-refractivity contribution in [2.75, 3.05) is 0 Å². The molecule has 0 bridgehead atoms. The van der Waals surface area contributed by atoms with E-state index in [1.807, 2.05) is 57.2 Å². The molecule has 0 radical (unpaired) electrons. The summed E-state index contributed by atoms with van der Waals surface area (Å²) in [7, 11) is 0. The number of aromatic amines is 1. The van der Waals surface area contributed by atoms with Crippen LogP contribution in [0.2, 0.25) is 0 Å². The molecule has 2 aromatic carbocycles. The number of hydrogen-bond donors (Lipinski definition) is 1. The third-order valence-electron chi connectivity index (χ3n) is 3.50. The van der Waals surface area contributed by atoms with Gasteiger partial charge in [0, 0.05) is 26.6 Å². The van der Waals surface area contributed by atoms with Crippen LogP contribution in [0.15, 0.2) is 57.7 Å². The van der Waals surface area contributed by atoms with Crippen molar-refractivity contribution >= 4 is 59.8 Å². The largest absolute Gasteiger partial charge is 0.442 e. The predicted octanol–water partition coefficient (Wildman–Crippen LogP) is 6.44. The summed E-state index contributed by atoms with van der Waals surface area (Å²) in [6.45, 7) is 6.91. The van der Waals surface area contributed by atoms with Crippen molar-refractivity contribution in [3.8, 4) is 6.07 Å². The Morgan fingerprint density at radius 2 is 1.70 bits per heavy atom. The molecule has 0 saturated heterocycles. The fraction of sp³-hybridized carbons (Fsp3) is 0.238. The number of ether oxygens (including phenoxy) is 1. The molecule has 156 valence electrons. The Balaban J connectivity index is 0.000000208. The van der Waals surface area contributed by atoms with Crippen molar-refractivity contribution in [2.24, 2.45) is 0 Å². The summed E-state index contributed by atoms with van der Waals surface area (Å²) in [6.07, 6.45) is 2.99. The molecule has 30 heavy (non-hydrogen) atoms. The molecule has 7 nitrogen and oxygen atoms in total. The second-order valence-corrected chi connectivity index (χ2v) is 8.90. The Bertz CT molecular complexity index is 1190. The van der Waals surface area contributed by atoms with Crippen LogP contribution in [-0.4, -0.2) is 31.7 Å². The Hall–Kier alpha value is -2.70. The SMILES string of the molecule is Brc1ccc2[nH]ncc2c1.CC#N.CC(C)(C)OC(=O)n1ncc2cc(Br)ccc21. The maximum Gasteiger partial charge on any atom is 0.435 e. The lowest BCUT2D eigenvalue weighted by Crippen LogP contribution is -2.27. The topological polar surface area (TPSA) is 96.6 Å². The van der Waals surface area contributed by atoms with Crippen LogP contribution in [-0.2, 0) is 4.74 Å². The predicted molar refractivity (Wildman–Crippen MR) is 124 cm³/mol. The van der Waals surface area contributed by atoms with E-state index in [1.54, 1.807) is 18.5 Å². The van der Waals surface area contributed by atoms with Crippen molar-refractivity contribution in [1.29, 1.82) is 5.26 Å². The molecule has 1 N–H and O–H groups in total. The van der Waals surface area contributed by atoms with E-state index in [4.69, 9.17) is 10.00 Å². The van der Waals surface area contributed by atoms with Crippen LogP contribution >= 0.6 is 31.9 Å². The maximum absolute atomic E-state index is 11.9. The van der Waals surface area contributed by atoms with Gasteiger partial charge in [-0.1, -0.05) is 31.9 Å². The van der Waals surface area contributed by atoms with Crippen LogP contribution in [0.5, 0.6) is 0 Å². The summed E-state index contributed by atoms with van der Waals surface area (Å²) < 4.78 is 8.58. The number of nitrogens with zero attached hydrogens (tertiary/aromatic N) is 4. The molecule has 4 rings (SSSR count). The molecule has 2 aromatic heterocycles. The minimum absolute atomic E-state index is 0.463. The van der Waals surface area contributed by atoms with Gasteiger partial charge in [0.2, 0.25) is 0 Å². The highest BCUT2D eigenvalue weighted by Gasteiger charge is 2.19. The standard InChI is InChI=1S/C12H13BrN2O2.C7H5BrN2.C2H3N/c1-12(2,3)17-11(16)15-10-5-4-9(13)6-8(10)7-14-15;8-6-1-2-7-5(3-6)4-9-10-7;1-2-3/h4-7H,1-3H3;1-4H,(H,9,10);1H3.